The van der Waals surface area contributed by atoms with Crippen LogP contribution in [0.4, 0.5) is 0 Å². The van der Waals surface area contributed by atoms with Gasteiger partial charge in [-0.2, -0.15) is 0 Å². The van der Waals surface area contributed by atoms with Gasteiger partial charge < -0.3 is 16.2 Å². The van der Waals surface area contributed by atoms with E-state index in [1.807, 2.05) is 0 Å². The zero-order chi connectivity index (χ0) is 9.56. The molecule has 0 saturated heterocycles. The molecular weight excluding hydrogens is 203 g/mol. The molecule has 1 unspecified atom stereocenters. The second-order valence-electron chi connectivity index (χ2n) is 2.11. The second kappa shape index (κ2) is 6.25. The predicted octanol–water partition coefficient (Wildman–Crippen LogP) is -0.259. The topological polar surface area (TPSA) is 75.4 Å². The van der Waals surface area contributed by atoms with E-state index < -0.39 is 12.0 Å². The van der Waals surface area contributed by atoms with E-state index in [0.717, 1.165) is 0 Å². The molecule has 0 heterocycles. The molecule has 0 aliphatic rings. The molecule has 6 heteroatoms. The first-order valence-electron chi connectivity index (χ1n) is 3.20. The minimum absolute atomic E-state index is 0.0658. The van der Waals surface area contributed by atoms with Gasteiger partial charge in [0, 0.05) is 23.7 Å². The standard InChI is InChI=1S/C6H10Cl2N2O2/c7-1-4(8)2-10-3-5(11)6(9)12/h1,5,10-11H,2-3H2,(H2,9,12). The van der Waals surface area contributed by atoms with Crippen LogP contribution in [-0.2, 0) is 4.79 Å². The van der Waals surface area contributed by atoms with Crippen LogP contribution < -0.4 is 11.1 Å². The van der Waals surface area contributed by atoms with Crippen molar-refractivity contribution in [1.29, 1.82) is 0 Å². The maximum absolute atomic E-state index is 10.3. The average Bonchev–Trinajstić information content (AvgIpc) is 2.03. The quantitative estimate of drug-likeness (QED) is 0.589. The Morgan fingerprint density at radius 1 is 1.75 bits per heavy atom. The van der Waals surface area contributed by atoms with Gasteiger partial charge in [0.2, 0.25) is 5.91 Å². The predicted molar refractivity (Wildman–Crippen MR) is 47.9 cm³/mol. The number of aliphatic hydroxyl groups is 1. The summed E-state index contributed by atoms with van der Waals surface area (Å²) in [6, 6.07) is 0. The lowest BCUT2D eigenvalue weighted by Crippen LogP contribution is -2.37. The van der Waals surface area contributed by atoms with E-state index in [-0.39, 0.29) is 6.54 Å². The van der Waals surface area contributed by atoms with Gasteiger partial charge >= 0.3 is 0 Å². The molecule has 1 atom stereocenters. The minimum Gasteiger partial charge on any atom is -0.382 e. The first-order valence-corrected chi connectivity index (χ1v) is 4.02. The molecule has 0 aromatic carbocycles. The highest BCUT2D eigenvalue weighted by Gasteiger charge is 2.08. The Morgan fingerprint density at radius 2 is 2.33 bits per heavy atom. The summed E-state index contributed by atoms with van der Waals surface area (Å²) in [7, 11) is 0. The largest absolute Gasteiger partial charge is 0.382 e. The molecule has 0 aliphatic carbocycles. The van der Waals surface area contributed by atoms with Crippen LogP contribution in [0, 0.1) is 0 Å². The van der Waals surface area contributed by atoms with E-state index in [0.29, 0.717) is 11.6 Å². The van der Waals surface area contributed by atoms with E-state index in [9.17, 15) is 4.79 Å². The Morgan fingerprint density at radius 3 is 2.75 bits per heavy atom. The number of halogens is 2. The molecule has 4 nitrogen and oxygen atoms in total. The molecule has 12 heavy (non-hydrogen) atoms. The molecule has 0 radical (unpaired) electrons. The van der Waals surface area contributed by atoms with Crippen molar-refractivity contribution in [3.8, 4) is 0 Å². The molecule has 1 amide bonds. The van der Waals surface area contributed by atoms with Gasteiger partial charge in [-0.05, 0) is 0 Å². The molecule has 0 rings (SSSR count). The lowest BCUT2D eigenvalue weighted by atomic mass is 10.3. The Kier molecular flexibility index (Phi) is 6.10. The fourth-order valence-electron chi connectivity index (χ4n) is 0.467. The van der Waals surface area contributed by atoms with Crippen LogP contribution in [0.5, 0.6) is 0 Å². The maximum atomic E-state index is 10.3. The average molecular weight is 213 g/mol. The van der Waals surface area contributed by atoms with Crippen molar-refractivity contribution in [2.24, 2.45) is 5.73 Å². The number of nitrogens with one attached hydrogen (secondary N) is 1. The summed E-state index contributed by atoms with van der Waals surface area (Å²) in [5, 5.41) is 12.0. The Hall–Kier alpha value is -0.290. The molecule has 0 aromatic heterocycles. The molecule has 70 valence electrons. The third kappa shape index (κ3) is 5.37. The molecule has 0 spiro atoms. The van der Waals surface area contributed by atoms with Gasteiger partial charge in [-0.1, -0.05) is 23.2 Å². The van der Waals surface area contributed by atoms with Crippen molar-refractivity contribution in [3.05, 3.63) is 10.6 Å². The SMILES string of the molecule is NC(=O)C(O)CNCC(Cl)=CCl. The van der Waals surface area contributed by atoms with E-state index in [2.05, 4.69) is 5.32 Å². The zero-order valence-corrected chi connectivity index (χ0v) is 7.77. The molecule has 0 bridgehead atoms. The maximum Gasteiger partial charge on any atom is 0.247 e. The number of rotatable bonds is 5. The van der Waals surface area contributed by atoms with Gasteiger partial charge in [-0.15, -0.1) is 0 Å². The third-order valence-corrected chi connectivity index (χ3v) is 1.70. The van der Waals surface area contributed by atoms with Gasteiger partial charge in [-0.25, -0.2) is 0 Å². The molecule has 4 N–H and O–H groups in total. The van der Waals surface area contributed by atoms with Crippen molar-refractivity contribution in [3.63, 3.8) is 0 Å². The summed E-state index contributed by atoms with van der Waals surface area (Å²) in [6.45, 7) is 0.367. The van der Waals surface area contributed by atoms with Crippen LogP contribution in [0.1, 0.15) is 0 Å². The van der Waals surface area contributed by atoms with Gasteiger partial charge in [0.1, 0.15) is 6.10 Å². The van der Waals surface area contributed by atoms with Crippen LogP contribution in [0.2, 0.25) is 0 Å². The third-order valence-electron chi connectivity index (χ3n) is 1.08. The Bertz CT molecular complexity index is 184. The molecule has 0 aliphatic heterocycles. The van der Waals surface area contributed by atoms with Crippen LogP contribution >= 0.6 is 23.2 Å². The van der Waals surface area contributed by atoms with Crippen LogP contribution in [-0.4, -0.2) is 30.2 Å². The number of hydrogen-bond acceptors (Lipinski definition) is 3. The lowest BCUT2D eigenvalue weighted by molar-refractivity contribution is -0.125. The monoisotopic (exact) mass is 212 g/mol. The molecule has 0 aromatic rings. The normalized spacial score (nSPS) is 14.4. The molecule has 0 saturated carbocycles. The molecule has 0 fully saturated rings. The van der Waals surface area contributed by atoms with E-state index in [4.69, 9.17) is 34.0 Å². The van der Waals surface area contributed by atoms with Crippen LogP contribution in [0.15, 0.2) is 10.6 Å². The summed E-state index contributed by atoms with van der Waals surface area (Å²) in [6.07, 6.45) is -1.19. The van der Waals surface area contributed by atoms with Crippen molar-refractivity contribution >= 4 is 29.1 Å². The highest BCUT2D eigenvalue weighted by atomic mass is 35.5. The number of nitrogens with two attached hydrogens (primary N) is 1. The van der Waals surface area contributed by atoms with Crippen molar-refractivity contribution in [2.45, 2.75) is 6.10 Å². The number of aliphatic hydroxyl groups excluding tert-OH is 1. The van der Waals surface area contributed by atoms with Gasteiger partial charge in [0.05, 0.1) is 0 Å². The van der Waals surface area contributed by atoms with Gasteiger partial charge in [0.15, 0.2) is 0 Å². The number of hydrogen-bond donors (Lipinski definition) is 3. The number of carbonyl (C=O) groups is 1. The summed E-state index contributed by atoms with van der Waals surface area (Å²) in [5.41, 5.74) is 5.98. The summed E-state index contributed by atoms with van der Waals surface area (Å²) in [4.78, 5) is 10.3. The summed E-state index contributed by atoms with van der Waals surface area (Å²) >= 11 is 10.7. The van der Waals surface area contributed by atoms with Gasteiger partial charge in [0.25, 0.3) is 0 Å². The number of primary amides is 1. The smallest absolute Gasteiger partial charge is 0.247 e. The van der Waals surface area contributed by atoms with Crippen LogP contribution in [0.25, 0.3) is 0 Å². The number of carbonyl (C=O) groups excluding carboxylic acids is 1. The van der Waals surface area contributed by atoms with E-state index in [1.165, 1.54) is 5.54 Å². The second-order valence-corrected chi connectivity index (χ2v) is 2.81. The lowest BCUT2D eigenvalue weighted by Gasteiger charge is -2.06. The zero-order valence-electron chi connectivity index (χ0n) is 6.26. The Labute approximate surface area is 80.3 Å². The Balaban J connectivity index is 3.50. The minimum atomic E-state index is -1.19. The van der Waals surface area contributed by atoms with Crippen molar-refractivity contribution in [1.82, 2.24) is 5.32 Å². The molecular formula is C6H10Cl2N2O2. The van der Waals surface area contributed by atoms with E-state index in [1.54, 1.807) is 0 Å². The van der Waals surface area contributed by atoms with Crippen molar-refractivity contribution < 1.29 is 9.90 Å². The van der Waals surface area contributed by atoms with E-state index >= 15 is 0 Å². The highest BCUT2D eigenvalue weighted by Crippen LogP contribution is 1.99. The first-order chi connectivity index (χ1) is 5.57. The van der Waals surface area contributed by atoms with Crippen LogP contribution in [0.3, 0.4) is 0 Å². The fraction of sp³-hybridized carbons (Fsp3) is 0.500. The summed E-state index contributed by atoms with van der Waals surface area (Å²) in [5.74, 6) is -0.770. The van der Waals surface area contributed by atoms with Gasteiger partial charge in [-0.3, -0.25) is 4.79 Å². The highest BCUT2D eigenvalue weighted by molar-refractivity contribution is 6.36. The number of amides is 1. The first kappa shape index (κ1) is 11.7. The van der Waals surface area contributed by atoms with Crippen molar-refractivity contribution in [2.75, 3.05) is 13.1 Å². The fourth-order valence-corrected chi connectivity index (χ4v) is 0.639. The summed E-state index contributed by atoms with van der Waals surface area (Å²) < 4.78 is 0.